The number of carbonyl (C=O) groups excluding carboxylic acids is 1. The Bertz CT molecular complexity index is 522. The molecule has 1 atom stereocenters. The van der Waals surface area contributed by atoms with E-state index >= 15 is 0 Å². The van der Waals surface area contributed by atoms with Crippen LogP contribution >= 0.6 is 0 Å². The molecular formula is C13H17N3O5. The Hall–Kier alpha value is -2.35. The highest BCUT2D eigenvalue weighted by Crippen LogP contribution is 2.09. The minimum Gasteiger partial charge on any atom is -0.481 e. The van der Waals surface area contributed by atoms with Gasteiger partial charge in [0.05, 0.1) is 20.3 Å². The lowest BCUT2D eigenvalue weighted by Crippen LogP contribution is -2.51. The second kappa shape index (κ2) is 6.89. The molecule has 8 nitrogen and oxygen atoms in total. The van der Waals surface area contributed by atoms with E-state index in [0.717, 1.165) is 5.56 Å². The van der Waals surface area contributed by atoms with Crippen LogP contribution in [-0.4, -0.2) is 59.9 Å². The number of methoxy groups -OCH3 is 1. The number of carboxylic acids is 1. The van der Waals surface area contributed by atoms with E-state index in [1.54, 1.807) is 18.3 Å². The first-order valence-electron chi connectivity index (χ1n) is 6.46. The summed E-state index contributed by atoms with van der Waals surface area (Å²) in [7, 11) is 1.52. The summed E-state index contributed by atoms with van der Waals surface area (Å²) in [4.78, 5) is 28.3. The fraction of sp³-hybridized carbons (Fsp3) is 0.462. The van der Waals surface area contributed by atoms with E-state index in [9.17, 15) is 9.59 Å². The molecular weight excluding hydrogens is 278 g/mol. The molecule has 2 rings (SSSR count). The largest absolute Gasteiger partial charge is 0.481 e. The number of hydrogen-bond acceptors (Lipinski definition) is 5. The molecule has 1 aromatic heterocycles. The number of aliphatic carboxylic acids is 1. The number of carbonyl (C=O) groups is 2. The van der Waals surface area contributed by atoms with Crippen LogP contribution in [0.25, 0.3) is 0 Å². The third kappa shape index (κ3) is 4.06. The van der Waals surface area contributed by atoms with Crippen LogP contribution in [0, 0.1) is 0 Å². The minimum absolute atomic E-state index is 0.0425. The number of ether oxygens (including phenoxy) is 2. The van der Waals surface area contributed by atoms with Gasteiger partial charge < -0.3 is 24.8 Å². The maximum absolute atomic E-state index is 12.0. The first-order valence-corrected chi connectivity index (χ1v) is 6.46. The summed E-state index contributed by atoms with van der Waals surface area (Å²) in [6.45, 7) is 0.941. The van der Waals surface area contributed by atoms with Crippen LogP contribution in [0.15, 0.2) is 18.3 Å². The number of rotatable bonds is 4. The van der Waals surface area contributed by atoms with Crippen LogP contribution in [0.4, 0.5) is 4.79 Å². The van der Waals surface area contributed by atoms with Crippen LogP contribution < -0.4 is 10.1 Å². The predicted molar refractivity (Wildman–Crippen MR) is 72.0 cm³/mol. The number of nitrogens with one attached hydrogen (secondary N) is 1. The van der Waals surface area contributed by atoms with Crippen LogP contribution in [0.3, 0.4) is 0 Å². The van der Waals surface area contributed by atoms with Crippen molar-refractivity contribution < 1.29 is 24.2 Å². The second-order valence-corrected chi connectivity index (χ2v) is 4.51. The molecule has 2 N–H and O–H groups in total. The van der Waals surface area contributed by atoms with E-state index in [-0.39, 0.29) is 19.2 Å². The van der Waals surface area contributed by atoms with Gasteiger partial charge >= 0.3 is 12.0 Å². The lowest BCUT2D eigenvalue weighted by Gasteiger charge is -2.30. The topological polar surface area (TPSA) is 101 Å². The van der Waals surface area contributed by atoms with Crippen molar-refractivity contribution in [2.45, 2.75) is 12.6 Å². The molecule has 1 saturated heterocycles. The van der Waals surface area contributed by atoms with Crippen LogP contribution in [0.2, 0.25) is 0 Å². The average Bonchev–Trinajstić information content (AvgIpc) is 2.53. The Morgan fingerprint density at radius 1 is 1.62 bits per heavy atom. The highest BCUT2D eigenvalue weighted by Gasteiger charge is 2.28. The molecule has 21 heavy (non-hydrogen) atoms. The van der Waals surface area contributed by atoms with E-state index in [1.165, 1.54) is 12.0 Å². The van der Waals surface area contributed by atoms with Crippen molar-refractivity contribution >= 4 is 12.0 Å². The Balaban J connectivity index is 1.87. The molecule has 0 saturated carbocycles. The van der Waals surface area contributed by atoms with Gasteiger partial charge in [-0.2, -0.15) is 0 Å². The summed E-state index contributed by atoms with van der Waals surface area (Å²) in [5, 5.41) is 11.6. The van der Waals surface area contributed by atoms with Crippen molar-refractivity contribution in [3.8, 4) is 5.88 Å². The van der Waals surface area contributed by atoms with Gasteiger partial charge in [-0.05, 0) is 11.6 Å². The van der Waals surface area contributed by atoms with Gasteiger partial charge in [-0.1, -0.05) is 0 Å². The Morgan fingerprint density at radius 2 is 2.43 bits per heavy atom. The van der Waals surface area contributed by atoms with Crippen molar-refractivity contribution in [3.05, 3.63) is 23.9 Å². The number of nitrogens with zero attached hydrogens (tertiary/aromatic N) is 2. The monoisotopic (exact) mass is 295 g/mol. The fourth-order valence-electron chi connectivity index (χ4n) is 1.94. The summed E-state index contributed by atoms with van der Waals surface area (Å²) in [6, 6.07) is 3.17. The summed E-state index contributed by atoms with van der Waals surface area (Å²) in [5.74, 6) is -0.592. The standard InChI is InChI=1S/C13H17N3O5/c1-20-11-6-9(2-3-14-11)7-15-13(19)16-4-5-21-10(8-16)12(17)18/h2-3,6,10H,4-5,7-8H2,1H3,(H,15,19)(H,17,18). The van der Waals surface area contributed by atoms with Crippen LogP contribution in [-0.2, 0) is 16.1 Å². The van der Waals surface area contributed by atoms with E-state index in [4.69, 9.17) is 14.6 Å². The molecule has 2 heterocycles. The van der Waals surface area contributed by atoms with Crippen LogP contribution in [0.1, 0.15) is 5.56 Å². The molecule has 0 aliphatic carbocycles. The minimum atomic E-state index is -1.06. The highest BCUT2D eigenvalue weighted by atomic mass is 16.5. The third-order valence-corrected chi connectivity index (χ3v) is 3.08. The van der Waals surface area contributed by atoms with Crippen molar-refractivity contribution in [2.75, 3.05) is 26.8 Å². The van der Waals surface area contributed by atoms with Crippen molar-refractivity contribution in [1.29, 1.82) is 0 Å². The quantitative estimate of drug-likeness (QED) is 0.816. The van der Waals surface area contributed by atoms with E-state index in [0.29, 0.717) is 19.0 Å². The van der Waals surface area contributed by atoms with E-state index < -0.39 is 12.1 Å². The van der Waals surface area contributed by atoms with Gasteiger partial charge in [0.25, 0.3) is 0 Å². The van der Waals surface area contributed by atoms with Gasteiger partial charge in [-0.3, -0.25) is 0 Å². The maximum Gasteiger partial charge on any atom is 0.334 e. The average molecular weight is 295 g/mol. The Labute approximate surface area is 121 Å². The SMILES string of the molecule is COc1cc(CNC(=O)N2CCOC(C(=O)O)C2)ccn1. The van der Waals surface area contributed by atoms with Gasteiger partial charge in [-0.25, -0.2) is 14.6 Å². The molecule has 0 bridgehead atoms. The first-order chi connectivity index (χ1) is 10.1. The van der Waals surface area contributed by atoms with Gasteiger partial charge in [0.2, 0.25) is 5.88 Å². The first kappa shape index (κ1) is 15.0. The van der Waals surface area contributed by atoms with Gasteiger partial charge in [-0.15, -0.1) is 0 Å². The number of morpholine rings is 1. The smallest absolute Gasteiger partial charge is 0.334 e. The zero-order chi connectivity index (χ0) is 15.2. The molecule has 1 aliphatic heterocycles. The predicted octanol–water partition coefficient (Wildman–Crippen LogP) is 0.0852. The third-order valence-electron chi connectivity index (χ3n) is 3.08. The van der Waals surface area contributed by atoms with Crippen molar-refractivity contribution in [1.82, 2.24) is 15.2 Å². The number of hydrogen-bond donors (Lipinski definition) is 2. The normalized spacial score (nSPS) is 18.1. The number of urea groups is 1. The van der Waals surface area contributed by atoms with Gasteiger partial charge in [0.15, 0.2) is 6.10 Å². The molecule has 114 valence electrons. The molecule has 0 aromatic carbocycles. The molecule has 2 amide bonds. The number of aromatic nitrogens is 1. The molecule has 8 heteroatoms. The van der Waals surface area contributed by atoms with E-state index in [2.05, 4.69) is 10.3 Å². The zero-order valence-electron chi connectivity index (χ0n) is 11.6. The summed E-state index contributed by atoms with van der Waals surface area (Å²) < 4.78 is 10.1. The van der Waals surface area contributed by atoms with Crippen molar-refractivity contribution in [3.63, 3.8) is 0 Å². The van der Waals surface area contributed by atoms with Crippen LogP contribution in [0.5, 0.6) is 5.88 Å². The molecule has 0 radical (unpaired) electrons. The summed E-state index contributed by atoms with van der Waals surface area (Å²) in [5.41, 5.74) is 0.846. The summed E-state index contributed by atoms with van der Waals surface area (Å²) >= 11 is 0. The Kier molecular flexibility index (Phi) is 4.94. The lowest BCUT2D eigenvalue weighted by molar-refractivity contribution is -0.154. The van der Waals surface area contributed by atoms with Crippen molar-refractivity contribution in [2.24, 2.45) is 0 Å². The maximum atomic E-state index is 12.0. The molecule has 0 spiro atoms. The van der Waals surface area contributed by atoms with E-state index in [1.807, 2.05) is 0 Å². The highest BCUT2D eigenvalue weighted by molar-refractivity contribution is 5.77. The lowest BCUT2D eigenvalue weighted by atomic mass is 10.2. The fourth-order valence-corrected chi connectivity index (χ4v) is 1.94. The number of amides is 2. The molecule has 1 unspecified atom stereocenters. The Morgan fingerprint density at radius 3 is 3.14 bits per heavy atom. The number of carboxylic acid groups (broad SMARTS) is 1. The van der Waals surface area contributed by atoms with Gasteiger partial charge in [0.1, 0.15) is 0 Å². The number of pyridine rings is 1. The summed E-state index contributed by atoms with van der Waals surface area (Å²) in [6.07, 6.45) is 0.626. The molecule has 1 fully saturated rings. The molecule has 1 aliphatic rings. The molecule has 1 aromatic rings. The zero-order valence-corrected chi connectivity index (χ0v) is 11.6. The van der Waals surface area contributed by atoms with Gasteiger partial charge in [0, 0.05) is 25.4 Å². The second-order valence-electron chi connectivity index (χ2n) is 4.51.